The normalized spacial score (nSPS) is 19.1. The zero-order chi connectivity index (χ0) is 58.2. The number of hydrogen-bond donors (Lipinski definition) is 6. The second kappa shape index (κ2) is 56.8. The molecule has 11 nitrogen and oxygen atoms in total. The van der Waals surface area contributed by atoms with Gasteiger partial charge in [-0.3, -0.25) is 9.59 Å². The Morgan fingerprint density at radius 2 is 0.863 bits per heavy atom. The van der Waals surface area contributed by atoms with Crippen molar-refractivity contribution in [3.05, 3.63) is 60.8 Å². The van der Waals surface area contributed by atoms with E-state index in [1.54, 1.807) is 6.08 Å². The van der Waals surface area contributed by atoms with Crippen molar-refractivity contribution < 1.29 is 49.3 Å². The van der Waals surface area contributed by atoms with Crippen molar-refractivity contribution in [3.8, 4) is 0 Å². The largest absolute Gasteiger partial charge is 0.454 e. The summed E-state index contributed by atoms with van der Waals surface area (Å²) in [6.07, 6.45) is 61.2. The molecule has 0 aliphatic carbocycles. The molecule has 1 saturated heterocycles. The van der Waals surface area contributed by atoms with Gasteiger partial charge in [0.15, 0.2) is 12.4 Å². The molecule has 0 aromatic heterocycles. The number of unbranched alkanes of at least 4 members (excludes halogenated alkanes) is 35. The van der Waals surface area contributed by atoms with Crippen molar-refractivity contribution in [3.63, 3.8) is 0 Å². The van der Waals surface area contributed by atoms with Gasteiger partial charge in [-0.05, 0) is 70.6 Å². The average molecular weight is 1130 g/mol. The van der Waals surface area contributed by atoms with Crippen LogP contribution in [0.25, 0.3) is 0 Å². The molecule has 1 aliphatic heterocycles. The number of rotatable bonds is 57. The number of aliphatic hydroxyl groups is 5. The van der Waals surface area contributed by atoms with Crippen LogP contribution in [0.5, 0.6) is 0 Å². The minimum absolute atomic E-state index is 0.122. The van der Waals surface area contributed by atoms with Crippen LogP contribution in [-0.4, -0.2) is 99.6 Å². The lowest BCUT2D eigenvalue weighted by molar-refractivity contribution is -0.305. The Balaban J connectivity index is 2.64. The molecule has 0 saturated carbocycles. The summed E-state index contributed by atoms with van der Waals surface area (Å²) in [7, 11) is 0. The molecule has 8 atom stereocenters. The molecule has 466 valence electrons. The Morgan fingerprint density at radius 3 is 1.31 bits per heavy atom. The van der Waals surface area contributed by atoms with E-state index in [1.807, 2.05) is 6.08 Å². The summed E-state index contributed by atoms with van der Waals surface area (Å²) in [5.74, 6) is -1.22. The molecule has 1 fully saturated rings. The van der Waals surface area contributed by atoms with Crippen molar-refractivity contribution in [2.24, 2.45) is 0 Å². The smallest absolute Gasteiger partial charge is 0.306 e. The molecule has 0 spiro atoms. The second-order valence-electron chi connectivity index (χ2n) is 23.2. The molecular formula is C69H125NO10. The van der Waals surface area contributed by atoms with Gasteiger partial charge in [0.2, 0.25) is 5.91 Å². The minimum Gasteiger partial charge on any atom is -0.454 e. The predicted octanol–water partition coefficient (Wildman–Crippen LogP) is 16.6. The molecule has 6 N–H and O–H groups in total. The second-order valence-corrected chi connectivity index (χ2v) is 23.2. The number of aliphatic hydroxyl groups excluding tert-OH is 5. The molecule has 0 radical (unpaired) electrons. The molecule has 11 heteroatoms. The van der Waals surface area contributed by atoms with Gasteiger partial charge in [0, 0.05) is 6.42 Å². The Kier molecular flexibility index (Phi) is 53.5. The zero-order valence-corrected chi connectivity index (χ0v) is 51.7. The van der Waals surface area contributed by atoms with Crippen LogP contribution in [0.15, 0.2) is 60.8 Å². The van der Waals surface area contributed by atoms with E-state index in [0.29, 0.717) is 12.8 Å². The van der Waals surface area contributed by atoms with E-state index >= 15 is 0 Å². The van der Waals surface area contributed by atoms with Gasteiger partial charge >= 0.3 is 5.97 Å². The van der Waals surface area contributed by atoms with Crippen molar-refractivity contribution in [2.75, 3.05) is 13.2 Å². The standard InChI is InChI=1S/C69H125NO10/c1-4-7-10-13-16-19-22-25-27-29-31-32-33-35-37-39-42-45-48-51-54-57-64(74)80-67-66(76)65(75)63(58-71)79-69(67)78-59-60(61(72)55-52-49-46-43-40-24-21-18-15-12-9-6-3)70-68(77)62(73)56-53-50-47-44-41-38-36-34-30-28-26-23-20-17-14-11-8-5-2/h17,20,26,28,34,36,41,44,52,55,60-63,65-67,69,71-73,75-76H,4-16,18-19,21-25,27,29-33,35,37-40,42-43,45-51,53-54,56-59H2,1-3H3,(H,70,77)/b20-17-,28-26-,36-34-,44-41-,55-52+. The lowest BCUT2D eigenvalue weighted by Gasteiger charge is -2.41. The Labute approximate surface area is 490 Å². The van der Waals surface area contributed by atoms with Crippen molar-refractivity contribution in [1.29, 1.82) is 0 Å². The molecular weight excluding hydrogens is 1000 g/mol. The van der Waals surface area contributed by atoms with Crippen LogP contribution in [0.3, 0.4) is 0 Å². The van der Waals surface area contributed by atoms with Crippen LogP contribution >= 0.6 is 0 Å². The van der Waals surface area contributed by atoms with Crippen LogP contribution in [0.4, 0.5) is 0 Å². The molecule has 80 heavy (non-hydrogen) atoms. The summed E-state index contributed by atoms with van der Waals surface area (Å²) < 4.78 is 17.7. The van der Waals surface area contributed by atoms with Crippen LogP contribution in [-0.2, 0) is 23.8 Å². The quantitative estimate of drug-likeness (QED) is 0.0195. The van der Waals surface area contributed by atoms with E-state index in [0.717, 1.165) is 77.0 Å². The van der Waals surface area contributed by atoms with Crippen LogP contribution in [0.1, 0.15) is 303 Å². The summed E-state index contributed by atoms with van der Waals surface area (Å²) in [5, 5.41) is 57.1. The van der Waals surface area contributed by atoms with Crippen molar-refractivity contribution in [1.82, 2.24) is 5.32 Å². The summed E-state index contributed by atoms with van der Waals surface area (Å²) >= 11 is 0. The molecule has 8 unspecified atom stereocenters. The van der Waals surface area contributed by atoms with Gasteiger partial charge in [-0.15, -0.1) is 0 Å². The summed E-state index contributed by atoms with van der Waals surface area (Å²) in [6.45, 7) is 5.77. The van der Waals surface area contributed by atoms with E-state index in [9.17, 15) is 35.1 Å². The number of carbonyl (C=O) groups excluding carboxylic acids is 2. The molecule has 1 heterocycles. The fourth-order valence-electron chi connectivity index (χ4n) is 10.3. The molecule has 0 aromatic rings. The number of amides is 1. The van der Waals surface area contributed by atoms with Gasteiger partial charge in [0.25, 0.3) is 0 Å². The van der Waals surface area contributed by atoms with E-state index < -0.39 is 67.4 Å². The molecule has 0 aromatic carbocycles. The number of hydrogen-bond acceptors (Lipinski definition) is 10. The predicted molar refractivity (Wildman–Crippen MR) is 333 cm³/mol. The van der Waals surface area contributed by atoms with E-state index in [4.69, 9.17) is 14.2 Å². The molecule has 1 aliphatic rings. The fourth-order valence-corrected chi connectivity index (χ4v) is 10.3. The van der Waals surface area contributed by atoms with E-state index in [1.165, 1.54) is 180 Å². The minimum atomic E-state index is -1.62. The maximum absolute atomic E-state index is 13.4. The molecule has 1 amide bonds. The van der Waals surface area contributed by atoms with Gasteiger partial charge < -0.3 is 45.1 Å². The number of esters is 1. The van der Waals surface area contributed by atoms with Crippen LogP contribution in [0, 0.1) is 0 Å². The van der Waals surface area contributed by atoms with Gasteiger partial charge in [-0.25, -0.2) is 0 Å². The monoisotopic (exact) mass is 1130 g/mol. The van der Waals surface area contributed by atoms with Crippen LogP contribution in [0.2, 0.25) is 0 Å². The van der Waals surface area contributed by atoms with E-state index in [-0.39, 0.29) is 19.4 Å². The van der Waals surface area contributed by atoms with Crippen LogP contribution < -0.4 is 5.32 Å². The fraction of sp³-hybridized carbons (Fsp3) is 0.826. The highest BCUT2D eigenvalue weighted by molar-refractivity contribution is 5.80. The van der Waals surface area contributed by atoms with Crippen molar-refractivity contribution in [2.45, 2.75) is 352 Å². The molecule has 0 bridgehead atoms. The SMILES string of the molecule is CCCCC/C=C\C/C=C\C/C=C\C/C=C\CCCCC(O)C(=O)NC(COC1OC(CO)C(O)C(O)C1OC(=O)CCCCCCCCCCCCCCCCCCCCCCC)C(O)/C=C/CCCCCCCCCCCC. The first-order chi connectivity index (χ1) is 39.2. The highest BCUT2D eigenvalue weighted by atomic mass is 16.7. The van der Waals surface area contributed by atoms with Gasteiger partial charge in [0.05, 0.1) is 25.4 Å². The third kappa shape index (κ3) is 44.0. The summed E-state index contributed by atoms with van der Waals surface area (Å²) in [6, 6.07) is -1.04. The first-order valence-electron chi connectivity index (χ1n) is 33.6. The number of carbonyl (C=O) groups is 2. The first-order valence-corrected chi connectivity index (χ1v) is 33.6. The van der Waals surface area contributed by atoms with Gasteiger partial charge in [0.1, 0.15) is 24.4 Å². The zero-order valence-electron chi connectivity index (χ0n) is 51.7. The highest BCUT2D eigenvalue weighted by Gasteiger charge is 2.47. The summed E-state index contributed by atoms with van der Waals surface area (Å²) in [4.78, 5) is 26.6. The first kappa shape index (κ1) is 75.4. The van der Waals surface area contributed by atoms with Gasteiger partial charge in [-0.2, -0.15) is 0 Å². The maximum Gasteiger partial charge on any atom is 0.306 e. The Morgan fingerprint density at radius 1 is 0.487 bits per heavy atom. The van der Waals surface area contributed by atoms with Crippen molar-refractivity contribution >= 4 is 11.9 Å². The number of allylic oxidation sites excluding steroid dienone is 9. The number of nitrogens with one attached hydrogen (secondary N) is 1. The lowest BCUT2D eigenvalue weighted by Crippen LogP contribution is -2.61. The molecule has 1 rings (SSSR count). The Hall–Kier alpha value is -2.64. The number of ether oxygens (including phenoxy) is 3. The maximum atomic E-state index is 13.4. The Bertz CT molecular complexity index is 1530. The lowest BCUT2D eigenvalue weighted by atomic mass is 9.99. The third-order valence-electron chi connectivity index (χ3n) is 15.7. The van der Waals surface area contributed by atoms with Gasteiger partial charge in [-0.1, -0.05) is 287 Å². The third-order valence-corrected chi connectivity index (χ3v) is 15.7. The topological polar surface area (TPSA) is 175 Å². The highest BCUT2D eigenvalue weighted by Crippen LogP contribution is 2.26. The van der Waals surface area contributed by atoms with E-state index in [2.05, 4.69) is 74.7 Å². The average Bonchev–Trinajstić information content (AvgIpc) is 3.45. The summed E-state index contributed by atoms with van der Waals surface area (Å²) in [5.41, 5.74) is 0.